The quantitative estimate of drug-likeness (QED) is 0.637. The summed E-state index contributed by atoms with van der Waals surface area (Å²) in [4.78, 5) is 0. The van der Waals surface area contributed by atoms with Gasteiger partial charge in [0, 0.05) is 9.99 Å². The third-order valence-corrected chi connectivity index (χ3v) is 3.72. The molecule has 1 aromatic carbocycles. The fourth-order valence-electron chi connectivity index (χ4n) is 2.08. The summed E-state index contributed by atoms with van der Waals surface area (Å²) in [5.74, 6) is -0.0578. The summed E-state index contributed by atoms with van der Waals surface area (Å²) in [6.07, 6.45) is -3.03. The number of ether oxygens (including phenoxy) is 1. The Labute approximate surface area is 117 Å². The molecule has 1 aliphatic rings. The van der Waals surface area contributed by atoms with Gasteiger partial charge in [0.25, 0.3) is 0 Å². The monoisotopic (exact) mass is 371 g/mol. The van der Waals surface area contributed by atoms with Gasteiger partial charge in [0.1, 0.15) is 5.75 Å². The van der Waals surface area contributed by atoms with Crippen LogP contribution in [0.4, 0.5) is 13.2 Å². The average Bonchev–Trinajstić information content (AvgIpc) is 2.50. The van der Waals surface area contributed by atoms with Crippen LogP contribution >= 0.6 is 22.6 Å². The molecule has 0 amide bonds. The van der Waals surface area contributed by atoms with Crippen LogP contribution in [0.2, 0.25) is 0 Å². The lowest BCUT2D eigenvalue weighted by molar-refractivity contribution is -0.274. The van der Waals surface area contributed by atoms with Gasteiger partial charge < -0.3 is 10.1 Å². The molecule has 18 heavy (non-hydrogen) atoms. The number of alkyl halides is 4. The minimum absolute atomic E-state index is 0.0578. The minimum Gasteiger partial charge on any atom is -0.405 e. The summed E-state index contributed by atoms with van der Waals surface area (Å²) in [7, 11) is 0. The summed E-state index contributed by atoms with van der Waals surface area (Å²) in [5, 5.41) is 3.23. The van der Waals surface area contributed by atoms with Crippen LogP contribution in [0.15, 0.2) is 12.1 Å². The Hall–Kier alpha value is -0.500. The Kier molecular flexibility index (Phi) is 4.37. The highest BCUT2D eigenvalue weighted by molar-refractivity contribution is 14.1. The highest BCUT2D eigenvalue weighted by Crippen LogP contribution is 2.31. The first-order valence-electron chi connectivity index (χ1n) is 5.66. The van der Waals surface area contributed by atoms with Gasteiger partial charge in [-0.05, 0) is 43.1 Å². The SMILES string of the molecule is FC(F)(F)Oc1cc2c(cc1CI)CCNCC2. The highest BCUT2D eigenvalue weighted by atomic mass is 127. The van der Waals surface area contributed by atoms with E-state index in [-0.39, 0.29) is 5.75 Å². The molecule has 1 aliphatic heterocycles. The second-order valence-electron chi connectivity index (χ2n) is 4.16. The normalized spacial score (nSPS) is 16.0. The highest BCUT2D eigenvalue weighted by Gasteiger charge is 2.32. The number of fused-ring (bicyclic) bond motifs is 1. The van der Waals surface area contributed by atoms with Crippen molar-refractivity contribution in [3.05, 3.63) is 28.8 Å². The zero-order valence-corrected chi connectivity index (χ0v) is 11.8. The molecule has 2 rings (SSSR count). The maximum atomic E-state index is 12.3. The molecule has 6 heteroatoms. The number of hydrogen-bond acceptors (Lipinski definition) is 2. The molecule has 0 radical (unpaired) electrons. The van der Waals surface area contributed by atoms with E-state index in [1.165, 1.54) is 0 Å². The number of rotatable bonds is 2. The molecule has 0 bridgehead atoms. The Morgan fingerprint density at radius 1 is 1.17 bits per heavy atom. The maximum Gasteiger partial charge on any atom is 0.573 e. The zero-order chi connectivity index (χ0) is 13.2. The Morgan fingerprint density at radius 2 is 1.78 bits per heavy atom. The van der Waals surface area contributed by atoms with Crippen LogP contribution < -0.4 is 10.1 Å². The van der Waals surface area contributed by atoms with Gasteiger partial charge >= 0.3 is 6.36 Å². The minimum atomic E-state index is -4.63. The Balaban J connectivity index is 2.36. The van der Waals surface area contributed by atoms with Crippen LogP contribution in [0.25, 0.3) is 0 Å². The van der Waals surface area contributed by atoms with E-state index >= 15 is 0 Å². The van der Waals surface area contributed by atoms with Crippen molar-refractivity contribution < 1.29 is 17.9 Å². The van der Waals surface area contributed by atoms with Crippen LogP contribution in [0.3, 0.4) is 0 Å². The van der Waals surface area contributed by atoms with Crippen molar-refractivity contribution in [1.29, 1.82) is 0 Å². The summed E-state index contributed by atoms with van der Waals surface area (Å²) in [6.45, 7) is 1.66. The summed E-state index contributed by atoms with van der Waals surface area (Å²) >= 11 is 2.05. The van der Waals surface area contributed by atoms with Crippen molar-refractivity contribution in [2.24, 2.45) is 0 Å². The third kappa shape index (κ3) is 3.50. The first-order chi connectivity index (χ1) is 8.49. The van der Waals surface area contributed by atoms with E-state index < -0.39 is 6.36 Å². The molecule has 2 nitrogen and oxygen atoms in total. The molecule has 1 aromatic rings. The average molecular weight is 371 g/mol. The van der Waals surface area contributed by atoms with E-state index in [9.17, 15) is 13.2 Å². The van der Waals surface area contributed by atoms with Crippen LogP contribution in [0.1, 0.15) is 16.7 Å². The summed E-state index contributed by atoms with van der Waals surface area (Å²) < 4.78 is 41.6. The lowest BCUT2D eigenvalue weighted by Gasteiger charge is -2.15. The van der Waals surface area contributed by atoms with E-state index in [0.717, 1.165) is 37.1 Å². The standard InChI is InChI=1S/C12H13F3INO/c13-12(14,15)18-11-6-9-2-4-17-3-1-8(9)5-10(11)7-16/h5-6,17H,1-4,7H2. The molecule has 0 unspecified atom stereocenters. The van der Waals surface area contributed by atoms with Crippen LogP contribution in [-0.2, 0) is 17.3 Å². The number of nitrogens with one attached hydrogen (secondary N) is 1. The van der Waals surface area contributed by atoms with Crippen molar-refractivity contribution in [1.82, 2.24) is 5.32 Å². The molecule has 0 saturated carbocycles. The fraction of sp³-hybridized carbons (Fsp3) is 0.500. The van der Waals surface area contributed by atoms with Gasteiger partial charge in [0.05, 0.1) is 0 Å². The van der Waals surface area contributed by atoms with Crippen LogP contribution in [0.5, 0.6) is 5.75 Å². The number of benzene rings is 1. The smallest absolute Gasteiger partial charge is 0.405 e. The third-order valence-electron chi connectivity index (χ3n) is 2.89. The maximum absolute atomic E-state index is 12.3. The van der Waals surface area contributed by atoms with E-state index in [1.807, 2.05) is 6.07 Å². The van der Waals surface area contributed by atoms with E-state index in [1.54, 1.807) is 6.07 Å². The molecular weight excluding hydrogens is 358 g/mol. The van der Waals surface area contributed by atoms with Crippen molar-refractivity contribution in [2.45, 2.75) is 23.6 Å². The van der Waals surface area contributed by atoms with Crippen molar-refractivity contribution in [2.75, 3.05) is 13.1 Å². The Bertz CT molecular complexity index is 434. The summed E-state index contributed by atoms with van der Waals surface area (Å²) in [5.41, 5.74) is 2.68. The van der Waals surface area contributed by atoms with Gasteiger partial charge in [-0.15, -0.1) is 13.2 Å². The molecule has 0 atom stereocenters. The topological polar surface area (TPSA) is 21.3 Å². The molecule has 0 fully saturated rings. The largest absolute Gasteiger partial charge is 0.573 e. The first kappa shape index (κ1) is 13.9. The van der Waals surface area contributed by atoms with Gasteiger partial charge in [0.2, 0.25) is 0 Å². The second-order valence-corrected chi connectivity index (χ2v) is 4.92. The van der Waals surface area contributed by atoms with E-state index in [4.69, 9.17) is 0 Å². The predicted molar refractivity (Wildman–Crippen MR) is 71.1 cm³/mol. The molecule has 1 N–H and O–H groups in total. The lowest BCUT2D eigenvalue weighted by Crippen LogP contribution is -2.18. The number of hydrogen-bond donors (Lipinski definition) is 1. The molecule has 0 saturated heterocycles. The van der Waals surface area contributed by atoms with Crippen molar-refractivity contribution in [3.63, 3.8) is 0 Å². The molecule has 1 heterocycles. The zero-order valence-electron chi connectivity index (χ0n) is 9.61. The van der Waals surface area contributed by atoms with E-state index in [2.05, 4.69) is 32.6 Å². The van der Waals surface area contributed by atoms with Gasteiger partial charge in [-0.2, -0.15) is 0 Å². The predicted octanol–water partition coefficient (Wildman–Crippen LogP) is 3.21. The van der Waals surface area contributed by atoms with E-state index in [0.29, 0.717) is 9.99 Å². The second kappa shape index (κ2) is 5.64. The van der Waals surface area contributed by atoms with Gasteiger partial charge in [0.15, 0.2) is 0 Å². The van der Waals surface area contributed by atoms with Crippen LogP contribution in [-0.4, -0.2) is 19.5 Å². The fourth-order valence-corrected chi connectivity index (χ4v) is 2.67. The molecule has 0 aliphatic carbocycles. The van der Waals surface area contributed by atoms with Crippen LogP contribution in [0, 0.1) is 0 Å². The number of halogens is 4. The molecule has 0 spiro atoms. The van der Waals surface area contributed by atoms with Crippen molar-refractivity contribution >= 4 is 22.6 Å². The summed E-state index contributed by atoms with van der Waals surface area (Å²) in [6, 6.07) is 3.39. The molecule has 100 valence electrons. The van der Waals surface area contributed by atoms with Gasteiger partial charge in [-0.25, -0.2) is 0 Å². The first-order valence-corrected chi connectivity index (χ1v) is 7.19. The van der Waals surface area contributed by atoms with Crippen molar-refractivity contribution in [3.8, 4) is 5.75 Å². The van der Waals surface area contributed by atoms with Gasteiger partial charge in [-0.1, -0.05) is 28.7 Å². The van der Waals surface area contributed by atoms with Gasteiger partial charge in [-0.3, -0.25) is 0 Å². The Morgan fingerprint density at radius 3 is 2.33 bits per heavy atom. The lowest BCUT2D eigenvalue weighted by atomic mass is 10.00. The molecular formula is C12H13F3INO. The molecule has 0 aromatic heterocycles.